The fourth-order valence-corrected chi connectivity index (χ4v) is 4.28. The Balaban J connectivity index is 1.48. The Morgan fingerprint density at radius 2 is 1.96 bits per heavy atom. The average Bonchev–Trinajstić information content (AvgIpc) is 2.66. The monoisotopic (exact) mass is 374 g/mol. The van der Waals surface area contributed by atoms with Crippen LogP contribution in [0.5, 0.6) is 5.75 Å². The normalized spacial score (nSPS) is 22.4. The van der Waals surface area contributed by atoms with Crippen LogP contribution >= 0.6 is 0 Å². The molecule has 1 aromatic carbocycles. The Bertz CT molecular complexity index is 850. The zero-order chi connectivity index (χ0) is 18.0. The molecule has 0 aliphatic carbocycles. The van der Waals surface area contributed by atoms with Gasteiger partial charge in [-0.25, -0.2) is 8.42 Å². The Morgan fingerprint density at radius 3 is 2.73 bits per heavy atom. The van der Waals surface area contributed by atoms with Gasteiger partial charge in [0.15, 0.2) is 5.84 Å². The number of rotatable bonds is 4. The van der Waals surface area contributed by atoms with Crippen molar-refractivity contribution in [2.75, 3.05) is 32.1 Å². The predicted octanol–water partition coefficient (Wildman–Crippen LogP) is 2.45. The highest BCUT2D eigenvalue weighted by molar-refractivity contribution is 7.90. The molecular formula is C19H22N2O4S. The van der Waals surface area contributed by atoms with Crippen LogP contribution in [0.2, 0.25) is 0 Å². The molecule has 3 aliphatic rings. The van der Waals surface area contributed by atoms with Crippen LogP contribution in [0.15, 0.2) is 47.0 Å². The van der Waals surface area contributed by atoms with E-state index in [9.17, 15) is 8.42 Å². The summed E-state index contributed by atoms with van der Waals surface area (Å²) >= 11 is 0. The smallest absolute Gasteiger partial charge is 0.256 e. The number of benzene rings is 1. The van der Waals surface area contributed by atoms with Gasteiger partial charge in [-0.3, -0.25) is 0 Å². The Labute approximate surface area is 153 Å². The van der Waals surface area contributed by atoms with Crippen molar-refractivity contribution >= 4 is 21.4 Å². The van der Waals surface area contributed by atoms with Crippen molar-refractivity contribution in [1.82, 2.24) is 4.90 Å². The molecule has 0 aromatic heterocycles. The van der Waals surface area contributed by atoms with E-state index in [-0.39, 0.29) is 5.75 Å². The van der Waals surface area contributed by atoms with Gasteiger partial charge in [0.25, 0.3) is 10.0 Å². The lowest BCUT2D eigenvalue weighted by atomic mass is 10.0. The lowest BCUT2D eigenvalue weighted by Gasteiger charge is -2.29. The molecule has 1 saturated heterocycles. The maximum absolute atomic E-state index is 11.9. The van der Waals surface area contributed by atoms with Gasteiger partial charge in [-0.2, -0.15) is 0 Å². The maximum atomic E-state index is 11.9. The van der Waals surface area contributed by atoms with E-state index in [2.05, 4.69) is 4.40 Å². The van der Waals surface area contributed by atoms with Gasteiger partial charge < -0.3 is 14.4 Å². The average molecular weight is 374 g/mol. The first-order chi connectivity index (χ1) is 12.6. The summed E-state index contributed by atoms with van der Waals surface area (Å²) in [5.41, 5.74) is 1.74. The number of amidine groups is 1. The molecule has 1 aromatic rings. The number of ether oxygens (including phenoxy) is 2. The van der Waals surface area contributed by atoms with Gasteiger partial charge in [0, 0.05) is 31.5 Å². The Kier molecular flexibility index (Phi) is 4.82. The highest BCUT2D eigenvalue weighted by atomic mass is 32.2. The van der Waals surface area contributed by atoms with E-state index in [1.807, 2.05) is 47.5 Å². The summed E-state index contributed by atoms with van der Waals surface area (Å²) in [5.74, 6) is 1.91. The molecule has 0 atom stereocenters. The molecule has 0 bridgehead atoms. The number of nitrogens with zero attached hydrogens (tertiary/aromatic N) is 2. The maximum Gasteiger partial charge on any atom is 0.256 e. The zero-order valence-electron chi connectivity index (χ0n) is 14.5. The van der Waals surface area contributed by atoms with Crippen molar-refractivity contribution in [1.29, 1.82) is 0 Å². The van der Waals surface area contributed by atoms with Gasteiger partial charge >= 0.3 is 0 Å². The second kappa shape index (κ2) is 7.25. The van der Waals surface area contributed by atoms with Crippen LogP contribution in [0.4, 0.5) is 0 Å². The fraction of sp³-hybridized carbons (Fsp3) is 0.421. The lowest BCUT2D eigenvalue weighted by molar-refractivity contribution is 0.0497. The molecule has 0 radical (unpaired) electrons. The van der Waals surface area contributed by atoms with Gasteiger partial charge in [0.05, 0.1) is 12.4 Å². The molecule has 0 amide bonds. The molecule has 0 saturated carbocycles. The predicted molar refractivity (Wildman–Crippen MR) is 101 cm³/mol. The van der Waals surface area contributed by atoms with E-state index < -0.39 is 10.0 Å². The van der Waals surface area contributed by atoms with E-state index in [0.717, 1.165) is 42.9 Å². The quantitative estimate of drug-likeness (QED) is 0.810. The molecule has 4 rings (SSSR count). The van der Waals surface area contributed by atoms with Crippen molar-refractivity contribution in [2.24, 2.45) is 10.3 Å². The van der Waals surface area contributed by atoms with Gasteiger partial charge in [-0.05, 0) is 48.6 Å². The summed E-state index contributed by atoms with van der Waals surface area (Å²) in [6, 6.07) is 7.75. The van der Waals surface area contributed by atoms with Crippen LogP contribution < -0.4 is 4.74 Å². The standard InChI is InChI=1S/C19H22N2O4S/c22-26(23)13-10-21-9-1-2-18(19(21)20-26)16-3-5-17(6-4-16)25-14-15-7-11-24-12-8-15/h1-6,9,15H,7-8,10-14H2. The van der Waals surface area contributed by atoms with Crippen LogP contribution in [-0.4, -0.2) is 51.3 Å². The second-order valence-electron chi connectivity index (χ2n) is 6.71. The van der Waals surface area contributed by atoms with E-state index in [1.54, 1.807) is 0 Å². The topological polar surface area (TPSA) is 68.2 Å². The third-order valence-electron chi connectivity index (χ3n) is 4.85. The van der Waals surface area contributed by atoms with Crippen LogP contribution in [-0.2, 0) is 14.8 Å². The number of allylic oxidation sites excluding steroid dienone is 2. The molecule has 0 N–H and O–H groups in total. The summed E-state index contributed by atoms with van der Waals surface area (Å²) in [6.07, 6.45) is 7.77. The third-order valence-corrected chi connectivity index (χ3v) is 6.00. The first-order valence-electron chi connectivity index (χ1n) is 8.90. The van der Waals surface area contributed by atoms with E-state index >= 15 is 0 Å². The van der Waals surface area contributed by atoms with Crippen LogP contribution in [0.25, 0.3) is 5.57 Å². The van der Waals surface area contributed by atoms with Gasteiger partial charge in [0.1, 0.15) is 5.75 Å². The first-order valence-corrected chi connectivity index (χ1v) is 10.5. The number of sulfonamides is 1. The van der Waals surface area contributed by atoms with Crippen molar-refractivity contribution in [3.8, 4) is 5.75 Å². The molecule has 3 aliphatic heterocycles. The van der Waals surface area contributed by atoms with E-state index in [1.165, 1.54) is 0 Å². The largest absolute Gasteiger partial charge is 0.493 e. The number of hydrogen-bond donors (Lipinski definition) is 0. The minimum Gasteiger partial charge on any atom is -0.493 e. The molecule has 3 heterocycles. The number of fused-ring (bicyclic) bond motifs is 1. The van der Waals surface area contributed by atoms with Crippen LogP contribution in [0, 0.1) is 5.92 Å². The van der Waals surface area contributed by atoms with Crippen molar-refractivity contribution in [3.05, 3.63) is 48.2 Å². The fourth-order valence-electron chi connectivity index (χ4n) is 3.30. The molecule has 7 heteroatoms. The molecule has 6 nitrogen and oxygen atoms in total. The number of hydrogen-bond acceptors (Lipinski definition) is 5. The van der Waals surface area contributed by atoms with Crippen molar-refractivity contribution in [3.63, 3.8) is 0 Å². The van der Waals surface area contributed by atoms with Gasteiger partial charge in [-0.15, -0.1) is 4.40 Å². The van der Waals surface area contributed by atoms with Crippen molar-refractivity contribution in [2.45, 2.75) is 12.8 Å². The molecule has 138 valence electrons. The molecule has 26 heavy (non-hydrogen) atoms. The zero-order valence-corrected chi connectivity index (χ0v) is 15.3. The minimum absolute atomic E-state index is 0.0487. The van der Waals surface area contributed by atoms with Gasteiger partial charge in [0.2, 0.25) is 0 Å². The molecule has 0 unspecified atom stereocenters. The lowest BCUT2D eigenvalue weighted by Crippen LogP contribution is -2.37. The molecule has 1 fully saturated rings. The van der Waals surface area contributed by atoms with E-state index in [4.69, 9.17) is 9.47 Å². The third kappa shape index (κ3) is 3.83. The summed E-state index contributed by atoms with van der Waals surface area (Å²) in [6.45, 7) is 2.76. The Hall–Kier alpha value is -2.12. The summed E-state index contributed by atoms with van der Waals surface area (Å²) < 4.78 is 39.0. The minimum atomic E-state index is -3.39. The van der Waals surface area contributed by atoms with Crippen molar-refractivity contribution < 1.29 is 17.9 Å². The Morgan fingerprint density at radius 1 is 1.19 bits per heavy atom. The molecular weight excluding hydrogens is 352 g/mol. The van der Waals surface area contributed by atoms with E-state index in [0.29, 0.717) is 24.9 Å². The highest BCUT2D eigenvalue weighted by Gasteiger charge is 2.27. The van der Waals surface area contributed by atoms with Crippen LogP contribution in [0.3, 0.4) is 0 Å². The van der Waals surface area contributed by atoms with Crippen LogP contribution in [0.1, 0.15) is 18.4 Å². The molecule has 0 spiro atoms. The second-order valence-corrected chi connectivity index (χ2v) is 8.46. The summed E-state index contributed by atoms with van der Waals surface area (Å²) in [5, 5.41) is 0. The summed E-state index contributed by atoms with van der Waals surface area (Å²) in [7, 11) is -3.39. The summed E-state index contributed by atoms with van der Waals surface area (Å²) in [4.78, 5) is 1.88. The highest BCUT2D eigenvalue weighted by Crippen LogP contribution is 2.27. The first kappa shape index (κ1) is 17.3. The SMILES string of the molecule is O=S1(=O)CCN2C=CC=C(c3ccc(OCC4CCOCC4)cc3)C2=N1. The van der Waals surface area contributed by atoms with Gasteiger partial charge in [-0.1, -0.05) is 12.1 Å².